The van der Waals surface area contributed by atoms with Crippen molar-refractivity contribution in [2.45, 2.75) is 18.0 Å². The molecule has 0 amide bonds. The fourth-order valence-electron chi connectivity index (χ4n) is 3.20. The van der Waals surface area contributed by atoms with Crippen LogP contribution in [0.5, 0.6) is 11.5 Å². The van der Waals surface area contributed by atoms with Crippen molar-refractivity contribution in [3.8, 4) is 11.5 Å². The quantitative estimate of drug-likeness (QED) is 0.333. The van der Waals surface area contributed by atoms with E-state index in [0.29, 0.717) is 11.5 Å². The van der Waals surface area contributed by atoms with Crippen LogP contribution in [0.15, 0.2) is 114 Å². The molecule has 0 saturated carbocycles. The number of carbonyl (C=O) groups excluding carboxylic acids is 1. The summed E-state index contributed by atoms with van der Waals surface area (Å²) in [7, 11) is -3.79. The predicted molar refractivity (Wildman–Crippen MR) is 129 cm³/mol. The van der Waals surface area contributed by atoms with E-state index in [1.807, 2.05) is 78.9 Å². The van der Waals surface area contributed by atoms with E-state index in [4.69, 9.17) is 9.47 Å². The average molecular weight is 474 g/mol. The summed E-state index contributed by atoms with van der Waals surface area (Å²) in [5.41, 5.74) is 1.73. The Kier molecular flexibility index (Phi) is 7.37. The molecule has 34 heavy (non-hydrogen) atoms. The van der Waals surface area contributed by atoms with Crippen LogP contribution < -0.4 is 9.46 Å². The molecule has 0 aliphatic rings. The van der Waals surface area contributed by atoms with Crippen LogP contribution in [-0.4, -0.2) is 14.4 Å². The van der Waals surface area contributed by atoms with Crippen LogP contribution in [0.2, 0.25) is 0 Å². The Bertz CT molecular complexity index is 1360. The number of esters is 1. The van der Waals surface area contributed by atoms with Gasteiger partial charge in [0.05, 0.1) is 10.5 Å². The van der Waals surface area contributed by atoms with Gasteiger partial charge in [0, 0.05) is 6.54 Å². The second kappa shape index (κ2) is 10.8. The number of rotatable bonds is 9. The summed E-state index contributed by atoms with van der Waals surface area (Å²) in [6, 6.07) is 31.6. The Labute approximate surface area is 198 Å². The lowest BCUT2D eigenvalue weighted by Gasteiger charge is -2.10. The molecule has 0 fully saturated rings. The minimum atomic E-state index is -3.79. The molecule has 0 atom stereocenters. The Balaban J connectivity index is 1.38. The summed E-state index contributed by atoms with van der Waals surface area (Å²) < 4.78 is 39.1. The predicted octanol–water partition coefficient (Wildman–Crippen LogP) is 5.31. The molecule has 0 radical (unpaired) electrons. The van der Waals surface area contributed by atoms with Gasteiger partial charge in [-0.15, -0.1) is 0 Å². The van der Waals surface area contributed by atoms with Crippen molar-refractivity contribution in [1.82, 2.24) is 4.72 Å². The minimum Gasteiger partial charge on any atom is -0.457 e. The fourth-order valence-corrected chi connectivity index (χ4v) is 4.27. The smallest absolute Gasteiger partial charge is 0.338 e. The van der Waals surface area contributed by atoms with Crippen molar-refractivity contribution < 1.29 is 22.7 Å². The highest BCUT2D eigenvalue weighted by Gasteiger charge is 2.17. The second-order valence-corrected chi connectivity index (χ2v) is 9.24. The molecule has 172 valence electrons. The van der Waals surface area contributed by atoms with Gasteiger partial charge in [0.25, 0.3) is 0 Å². The van der Waals surface area contributed by atoms with E-state index >= 15 is 0 Å². The zero-order chi connectivity index (χ0) is 23.8. The first-order valence-electron chi connectivity index (χ1n) is 10.6. The zero-order valence-corrected chi connectivity index (χ0v) is 19.1. The Hall–Kier alpha value is -3.94. The molecule has 0 aliphatic heterocycles. The van der Waals surface area contributed by atoms with Crippen LogP contribution in [-0.2, 0) is 27.9 Å². The van der Waals surface area contributed by atoms with Crippen molar-refractivity contribution >= 4 is 16.0 Å². The molecular formula is C27H23NO5S. The van der Waals surface area contributed by atoms with E-state index in [1.54, 1.807) is 6.07 Å². The molecule has 1 N–H and O–H groups in total. The molecule has 4 aromatic carbocycles. The number of benzene rings is 4. The number of hydrogen-bond donors (Lipinski definition) is 1. The maximum Gasteiger partial charge on any atom is 0.338 e. The SMILES string of the molecule is O=C(OCc1cccc(Oc2ccccc2)c1)c1cccc(S(=O)(=O)NCc2ccccc2)c1. The lowest BCUT2D eigenvalue weighted by Crippen LogP contribution is -2.23. The van der Waals surface area contributed by atoms with Gasteiger partial charge in [0.15, 0.2) is 0 Å². The van der Waals surface area contributed by atoms with Crippen molar-refractivity contribution in [2.75, 3.05) is 0 Å². The molecule has 0 spiro atoms. The first-order chi connectivity index (χ1) is 16.5. The van der Waals surface area contributed by atoms with Crippen LogP contribution >= 0.6 is 0 Å². The summed E-state index contributed by atoms with van der Waals surface area (Å²) in [5.74, 6) is 0.711. The van der Waals surface area contributed by atoms with E-state index < -0.39 is 16.0 Å². The van der Waals surface area contributed by atoms with Crippen molar-refractivity contribution in [3.05, 3.63) is 126 Å². The highest BCUT2D eigenvalue weighted by molar-refractivity contribution is 7.89. The molecule has 0 aromatic heterocycles. The third kappa shape index (κ3) is 6.31. The summed E-state index contributed by atoms with van der Waals surface area (Å²) in [4.78, 5) is 12.6. The molecule has 7 heteroatoms. The van der Waals surface area contributed by atoms with Gasteiger partial charge in [-0.25, -0.2) is 17.9 Å². The van der Waals surface area contributed by atoms with Crippen LogP contribution in [0.25, 0.3) is 0 Å². The van der Waals surface area contributed by atoms with Crippen molar-refractivity contribution in [3.63, 3.8) is 0 Å². The number of hydrogen-bond acceptors (Lipinski definition) is 5. The van der Waals surface area contributed by atoms with E-state index in [2.05, 4.69) is 4.72 Å². The number of carbonyl (C=O) groups is 1. The largest absolute Gasteiger partial charge is 0.457 e. The van der Waals surface area contributed by atoms with Crippen molar-refractivity contribution in [1.29, 1.82) is 0 Å². The molecule has 4 aromatic rings. The third-order valence-corrected chi connectivity index (χ3v) is 6.34. The molecule has 0 bridgehead atoms. The number of nitrogens with one attached hydrogen (secondary N) is 1. The van der Waals surface area contributed by atoms with Gasteiger partial charge in [-0.3, -0.25) is 0 Å². The summed E-state index contributed by atoms with van der Waals surface area (Å²) in [5, 5.41) is 0. The minimum absolute atomic E-state index is 0.00357. The Morgan fingerprint density at radius 2 is 1.35 bits per heavy atom. The number of para-hydroxylation sites is 1. The maximum atomic E-state index is 12.7. The fraction of sp³-hybridized carbons (Fsp3) is 0.0741. The topological polar surface area (TPSA) is 81.7 Å². The number of ether oxygens (including phenoxy) is 2. The van der Waals surface area contributed by atoms with E-state index in [0.717, 1.165) is 11.1 Å². The van der Waals surface area contributed by atoms with E-state index in [1.165, 1.54) is 24.3 Å². The molecule has 0 saturated heterocycles. The molecule has 0 unspecified atom stereocenters. The van der Waals surface area contributed by atoms with Gasteiger partial charge in [-0.05, 0) is 53.6 Å². The average Bonchev–Trinajstić information content (AvgIpc) is 2.88. The van der Waals surface area contributed by atoms with Crippen LogP contribution in [0, 0.1) is 0 Å². The molecular weight excluding hydrogens is 450 g/mol. The van der Waals surface area contributed by atoms with Crippen molar-refractivity contribution in [2.24, 2.45) is 0 Å². The Morgan fingerprint density at radius 3 is 2.12 bits per heavy atom. The zero-order valence-electron chi connectivity index (χ0n) is 18.3. The summed E-state index contributed by atoms with van der Waals surface area (Å²) >= 11 is 0. The van der Waals surface area contributed by atoms with Gasteiger partial charge in [0.2, 0.25) is 10.0 Å². The van der Waals surface area contributed by atoms with Gasteiger partial charge in [0.1, 0.15) is 18.1 Å². The van der Waals surface area contributed by atoms with Crippen LogP contribution in [0.3, 0.4) is 0 Å². The first kappa shape index (κ1) is 23.2. The lowest BCUT2D eigenvalue weighted by atomic mass is 10.2. The Morgan fingerprint density at radius 1 is 0.706 bits per heavy atom. The van der Waals surface area contributed by atoms with Crippen LogP contribution in [0.4, 0.5) is 0 Å². The van der Waals surface area contributed by atoms with E-state index in [-0.39, 0.29) is 23.6 Å². The third-order valence-electron chi connectivity index (χ3n) is 4.94. The highest BCUT2D eigenvalue weighted by Crippen LogP contribution is 2.22. The van der Waals surface area contributed by atoms with E-state index in [9.17, 15) is 13.2 Å². The standard InChI is InChI=1S/C27H23NO5S/c29-27(32-20-22-11-7-15-25(17-22)33-24-13-5-2-6-14-24)23-12-8-16-26(18-23)34(30,31)28-19-21-9-3-1-4-10-21/h1-18,28H,19-20H2. The maximum absolute atomic E-state index is 12.7. The molecule has 0 aliphatic carbocycles. The normalized spacial score (nSPS) is 11.1. The van der Waals surface area contributed by atoms with Crippen LogP contribution in [0.1, 0.15) is 21.5 Å². The first-order valence-corrected chi connectivity index (χ1v) is 12.1. The molecule has 0 heterocycles. The summed E-state index contributed by atoms with van der Waals surface area (Å²) in [6.07, 6.45) is 0. The highest BCUT2D eigenvalue weighted by atomic mass is 32.2. The number of sulfonamides is 1. The van der Waals surface area contributed by atoms with Gasteiger partial charge < -0.3 is 9.47 Å². The van der Waals surface area contributed by atoms with Gasteiger partial charge in [-0.1, -0.05) is 66.7 Å². The second-order valence-electron chi connectivity index (χ2n) is 7.48. The monoisotopic (exact) mass is 473 g/mol. The molecule has 4 rings (SSSR count). The lowest BCUT2D eigenvalue weighted by molar-refractivity contribution is 0.0472. The summed E-state index contributed by atoms with van der Waals surface area (Å²) in [6.45, 7) is 0.174. The van der Waals surface area contributed by atoms with Gasteiger partial charge in [-0.2, -0.15) is 0 Å². The van der Waals surface area contributed by atoms with Gasteiger partial charge >= 0.3 is 5.97 Å². The molecule has 6 nitrogen and oxygen atoms in total.